The molecule has 8 nitrogen and oxygen atoms in total. The Balaban J connectivity index is 3.27. The predicted molar refractivity (Wildman–Crippen MR) is 161 cm³/mol. The monoisotopic (exact) mass is 576 g/mol. The first kappa shape index (κ1) is 36.3. The molecule has 0 saturated heterocycles. The van der Waals surface area contributed by atoms with Crippen LogP contribution in [0.25, 0.3) is 0 Å². The maximum absolute atomic E-state index is 12.7. The molecule has 0 unspecified atom stereocenters. The van der Waals surface area contributed by atoms with Crippen LogP contribution in [0.3, 0.4) is 0 Å². The molecule has 0 aromatic rings. The molecule has 0 aliphatic carbocycles. The fourth-order valence-corrected chi connectivity index (χ4v) is 5.24. The summed E-state index contributed by atoms with van der Waals surface area (Å²) in [7, 11) is 0. The molecule has 41 heavy (non-hydrogen) atoms. The van der Waals surface area contributed by atoms with Crippen LogP contribution in [-0.2, 0) is 14.3 Å². The topological polar surface area (TPSA) is 134 Å². The van der Waals surface area contributed by atoms with Gasteiger partial charge in [-0.3, -0.25) is 0 Å². The lowest BCUT2D eigenvalue weighted by Gasteiger charge is -2.31. The van der Waals surface area contributed by atoms with Gasteiger partial charge < -0.3 is 29.9 Å². The zero-order valence-corrected chi connectivity index (χ0v) is 25.5. The van der Waals surface area contributed by atoms with Crippen molar-refractivity contribution in [2.45, 2.75) is 97.7 Å². The fourth-order valence-electron chi connectivity index (χ4n) is 5.24. The number of esters is 1. The van der Waals surface area contributed by atoms with Crippen molar-refractivity contribution in [1.82, 2.24) is 0 Å². The average molecular weight is 577 g/mol. The third kappa shape index (κ3) is 13.7. The number of carbonyl (C=O) groups is 2. The lowest BCUT2D eigenvalue weighted by Crippen LogP contribution is -2.37. The summed E-state index contributed by atoms with van der Waals surface area (Å²) in [5.74, 6) is -1.46. The summed E-state index contributed by atoms with van der Waals surface area (Å²) < 4.78 is 10.8. The van der Waals surface area contributed by atoms with Crippen molar-refractivity contribution in [3.63, 3.8) is 0 Å². The largest absolute Gasteiger partial charge is 0.506 e. The Bertz CT molecular complexity index is 922. The van der Waals surface area contributed by atoms with Crippen molar-refractivity contribution in [1.29, 1.82) is 0 Å². The second-order valence-electron chi connectivity index (χ2n) is 11.8. The summed E-state index contributed by atoms with van der Waals surface area (Å²) >= 11 is 0. The number of carboxylic acid groups (broad SMARTS) is 1. The number of aliphatic hydroxyl groups is 3. The SMILES string of the molecule is C=C/C=C\[C@H](C)[C@@H]1OC(=O)/C=C\C=C\[C@@H](C)[C@@H](O)C[C@H](OC(=O)O)/C=C\[C@H](C)[C@H](O)[C@@H](C)C[C@@H](C)CC[C@@H](O)[C@@H]1C. The second kappa shape index (κ2) is 18.7. The van der Waals surface area contributed by atoms with E-state index in [1.54, 1.807) is 43.4 Å². The highest BCUT2D eigenvalue weighted by molar-refractivity contribution is 5.82. The summed E-state index contributed by atoms with van der Waals surface area (Å²) in [6, 6.07) is 0. The number of hydrogen-bond acceptors (Lipinski definition) is 7. The van der Waals surface area contributed by atoms with Gasteiger partial charge in [0.2, 0.25) is 0 Å². The van der Waals surface area contributed by atoms with Gasteiger partial charge in [-0.05, 0) is 37.2 Å². The van der Waals surface area contributed by atoms with E-state index in [-0.39, 0.29) is 41.9 Å². The maximum atomic E-state index is 12.7. The Morgan fingerprint density at radius 3 is 2.32 bits per heavy atom. The Hall–Kier alpha value is -2.68. The van der Waals surface area contributed by atoms with Gasteiger partial charge in [0.25, 0.3) is 0 Å². The van der Waals surface area contributed by atoms with Gasteiger partial charge in [0.05, 0.1) is 18.3 Å². The standard InChI is InChI=1S/C33H52O8/c1-8-9-12-24(5)32-26(7)28(34)18-15-21(2)19-25(6)31(37)23(4)16-17-27(40-33(38)39)20-29(35)22(3)13-10-11-14-30(36)41-32/h8-14,16-17,21-29,31-32,34-35,37H,1,15,18-20H2,2-7H3,(H,38,39)/b12-9-,13-10+,14-11-,17-16-/t21-,22+,23-,24-,25-,26-,27+,28+,29-,31-,32-/m0/s1. The molecule has 232 valence electrons. The zero-order chi connectivity index (χ0) is 31.1. The second-order valence-corrected chi connectivity index (χ2v) is 11.8. The zero-order valence-electron chi connectivity index (χ0n) is 25.5. The van der Waals surface area contributed by atoms with Crippen LogP contribution in [0.5, 0.6) is 0 Å². The number of rotatable bonds is 4. The Morgan fingerprint density at radius 1 is 1.00 bits per heavy atom. The summed E-state index contributed by atoms with van der Waals surface area (Å²) in [5.41, 5.74) is 0. The normalized spacial score (nSPS) is 38.4. The van der Waals surface area contributed by atoms with Crippen LogP contribution in [0.4, 0.5) is 4.79 Å². The summed E-state index contributed by atoms with van der Waals surface area (Å²) in [4.78, 5) is 23.9. The van der Waals surface area contributed by atoms with E-state index in [4.69, 9.17) is 9.47 Å². The molecule has 0 aromatic heterocycles. The molecule has 0 radical (unpaired) electrons. The van der Waals surface area contributed by atoms with Gasteiger partial charge in [0, 0.05) is 36.2 Å². The average Bonchev–Trinajstić information content (AvgIpc) is 2.92. The number of carbonyl (C=O) groups excluding carboxylic acids is 1. The third-order valence-electron chi connectivity index (χ3n) is 8.02. The molecule has 1 rings (SSSR count). The first-order chi connectivity index (χ1) is 19.3. The van der Waals surface area contributed by atoms with Crippen LogP contribution in [0, 0.1) is 35.5 Å². The van der Waals surface area contributed by atoms with Crippen LogP contribution < -0.4 is 0 Å². The van der Waals surface area contributed by atoms with Crippen molar-refractivity contribution < 1.29 is 39.5 Å². The van der Waals surface area contributed by atoms with Crippen LogP contribution in [0.15, 0.2) is 61.3 Å². The Labute approximate surface area is 246 Å². The molecule has 4 N–H and O–H groups in total. The summed E-state index contributed by atoms with van der Waals surface area (Å²) in [6.45, 7) is 15.2. The highest BCUT2D eigenvalue weighted by Gasteiger charge is 2.31. The van der Waals surface area contributed by atoms with Crippen molar-refractivity contribution in [2.75, 3.05) is 0 Å². The molecule has 1 heterocycles. The molecular formula is C33H52O8. The van der Waals surface area contributed by atoms with Crippen LogP contribution in [0.2, 0.25) is 0 Å². The lowest BCUT2D eigenvalue weighted by molar-refractivity contribution is -0.150. The van der Waals surface area contributed by atoms with Crippen LogP contribution in [0.1, 0.15) is 67.2 Å². The first-order valence-corrected chi connectivity index (χ1v) is 14.7. The van der Waals surface area contributed by atoms with Crippen molar-refractivity contribution >= 4 is 12.1 Å². The number of allylic oxidation sites excluding steroid dienone is 4. The highest BCUT2D eigenvalue weighted by Crippen LogP contribution is 2.28. The molecule has 8 heteroatoms. The predicted octanol–water partition coefficient (Wildman–Crippen LogP) is 5.85. The highest BCUT2D eigenvalue weighted by atomic mass is 16.7. The van der Waals surface area contributed by atoms with E-state index in [0.717, 1.165) is 12.8 Å². The molecule has 0 saturated carbocycles. The van der Waals surface area contributed by atoms with Gasteiger partial charge in [0.1, 0.15) is 12.2 Å². The summed E-state index contributed by atoms with van der Waals surface area (Å²) in [5, 5.41) is 41.8. The van der Waals surface area contributed by atoms with E-state index in [0.29, 0.717) is 6.42 Å². The van der Waals surface area contributed by atoms with Gasteiger partial charge >= 0.3 is 12.1 Å². The first-order valence-electron chi connectivity index (χ1n) is 14.7. The summed E-state index contributed by atoms with van der Waals surface area (Å²) in [6.07, 6.45) is 11.7. The Morgan fingerprint density at radius 2 is 1.68 bits per heavy atom. The van der Waals surface area contributed by atoms with Crippen molar-refractivity contribution in [3.8, 4) is 0 Å². The maximum Gasteiger partial charge on any atom is 0.506 e. The quantitative estimate of drug-likeness (QED) is 0.186. The van der Waals surface area contributed by atoms with E-state index >= 15 is 0 Å². The molecule has 0 amide bonds. The van der Waals surface area contributed by atoms with Gasteiger partial charge in [-0.15, -0.1) is 0 Å². The van der Waals surface area contributed by atoms with E-state index in [1.165, 1.54) is 12.2 Å². The van der Waals surface area contributed by atoms with E-state index < -0.39 is 42.6 Å². The van der Waals surface area contributed by atoms with E-state index in [1.807, 2.05) is 33.8 Å². The molecule has 0 aromatic carbocycles. The number of ether oxygens (including phenoxy) is 2. The smallest absolute Gasteiger partial charge is 0.458 e. The Kier molecular flexibility index (Phi) is 16.6. The van der Waals surface area contributed by atoms with Gasteiger partial charge in [0.15, 0.2) is 0 Å². The van der Waals surface area contributed by atoms with Crippen LogP contribution in [-0.4, -0.2) is 63.1 Å². The fraction of sp³-hybridized carbons (Fsp3) is 0.636. The number of hydrogen-bond donors (Lipinski definition) is 4. The third-order valence-corrected chi connectivity index (χ3v) is 8.02. The molecule has 0 spiro atoms. The molecule has 1 aliphatic heterocycles. The number of aliphatic hydroxyl groups excluding tert-OH is 3. The minimum atomic E-state index is -1.45. The number of cyclic esters (lactones) is 1. The van der Waals surface area contributed by atoms with E-state index in [2.05, 4.69) is 13.5 Å². The van der Waals surface area contributed by atoms with Gasteiger partial charge in [-0.1, -0.05) is 90.7 Å². The lowest BCUT2D eigenvalue weighted by atomic mass is 9.82. The van der Waals surface area contributed by atoms with Crippen molar-refractivity contribution in [2.24, 2.45) is 35.5 Å². The van der Waals surface area contributed by atoms with Crippen molar-refractivity contribution in [3.05, 3.63) is 61.3 Å². The minimum absolute atomic E-state index is 0.0352. The van der Waals surface area contributed by atoms with Gasteiger partial charge in [-0.2, -0.15) is 0 Å². The van der Waals surface area contributed by atoms with Crippen LogP contribution >= 0.6 is 0 Å². The molecular weight excluding hydrogens is 524 g/mol. The van der Waals surface area contributed by atoms with Gasteiger partial charge in [-0.25, -0.2) is 9.59 Å². The van der Waals surface area contributed by atoms with E-state index in [9.17, 15) is 30.0 Å². The minimum Gasteiger partial charge on any atom is -0.458 e. The molecule has 11 atom stereocenters. The molecule has 1 aliphatic rings. The molecule has 0 fully saturated rings. The molecule has 0 bridgehead atoms.